The van der Waals surface area contributed by atoms with Gasteiger partial charge in [0.05, 0.1) is 13.2 Å². The number of nitrogens with zero attached hydrogens (tertiary/aromatic N) is 1. The number of amides is 1. The van der Waals surface area contributed by atoms with Crippen molar-refractivity contribution in [2.45, 2.75) is 31.2 Å². The lowest BCUT2D eigenvalue weighted by molar-refractivity contribution is -0.123. The van der Waals surface area contributed by atoms with Gasteiger partial charge in [-0.2, -0.15) is 11.8 Å². The zero-order valence-corrected chi connectivity index (χ0v) is 13.9. The second-order valence-electron chi connectivity index (χ2n) is 6.07. The molecule has 0 radical (unpaired) electrons. The summed E-state index contributed by atoms with van der Waals surface area (Å²) in [6.45, 7) is 5.84. The van der Waals surface area contributed by atoms with Crippen LogP contribution >= 0.6 is 11.8 Å². The molecule has 2 aliphatic heterocycles. The molecule has 0 bridgehead atoms. The van der Waals surface area contributed by atoms with Gasteiger partial charge in [-0.3, -0.25) is 9.69 Å². The Labute approximate surface area is 136 Å². The van der Waals surface area contributed by atoms with E-state index in [1.54, 1.807) is 0 Å². The van der Waals surface area contributed by atoms with Gasteiger partial charge >= 0.3 is 0 Å². The van der Waals surface area contributed by atoms with E-state index in [1.807, 2.05) is 11.8 Å². The van der Waals surface area contributed by atoms with Crippen molar-refractivity contribution in [1.82, 2.24) is 10.2 Å². The highest BCUT2D eigenvalue weighted by Gasteiger charge is 2.35. The van der Waals surface area contributed by atoms with Crippen molar-refractivity contribution in [2.24, 2.45) is 0 Å². The van der Waals surface area contributed by atoms with E-state index in [-0.39, 0.29) is 5.91 Å². The Morgan fingerprint density at radius 3 is 3.05 bits per heavy atom. The maximum absolute atomic E-state index is 12.2. The van der Waals surface area contributed by atoms with Crippen LogP contribution < -0.4 is 5.32 Å². The molecule has 2 aliphatic rings. The van der Waals surface area contributed by atoms with Crippen molar-refractivity contribution in [3.8, 4) is 0 Å². The highest BCUT2D eigenvalue weighted by atomic mass is 32.2. The number of aryl methyl sites for hydroxylation is 1. The van der Waals surface area contributed by atoms with Crippen LogP contribution in [0.25, 0.3) is 0 Å². The number of carbonyl (C=O) groups is 1. The van der Waals surface area contributed by atoms with Gasteiger partial charge in [-0.1, -0.05) is 29.8 Å². The molecule has 1 aromatic rings. The monoisotopic (exact) mass is 320 g/mol. The number of nitrogens with one attached hydrogen (secondary N) is 1. The Morgan fingerprint density at radius 1 is 1.41 bits per heavy atom. The van der Waals surface area contributed by atoms with E-state index in [0.29, 0.717) is 24.4 Å². The molecule has 0 spiro atoms. The van der Waals surface area contributed by atoms with E-state index < -0.39 is 0 Å². The maximum atomic E-state index is 12.2. The lowest BCUT2D eigenvalue weighted by Gasteiger charge is -2.43. The van der Waals surface area contributed by atoms with E-state index >= 15 is 0 Å². The maximum Gasteiger partial charge on any atom is 0.234 e. The number of fused-ring (bicyclic) bond motifs is 1. The van der Waals surface area contributed by atoms with E-state index in [1.165, 1.54) is 5.56 Å². The predicted molar refractivity (Wildman–Crippen MR) is 90.1 cm³/mol. The fourth-order valence-corrected chi connectivity index (χ4v) is 4.47. The second kappa shape index (κ2) is 7.49. The minimum Gasteiger partial charge on any atom is -0.380 e. The highest BCUT2D eigenvalue weighted by molar-refractivity contribution is 8.00. The van der Waals surface area contributed by atoms with E-state index in [2.05, 4.69) is 41.4 Å². The van der Waals surface area contributed by atoms with Gasteiger partial charge in [0.1, 0.15) is 0 Å². The molecule has 1 amide bonds. The van der Waals surface area contributed by atoms with Crippen LogP contribution in [0.15, 0.2) is 24.3 Å². The molecule has 3 rings (SSSR count). The van der Waals surface area contributed by atoms with E-state index in [9.17, 15) is 4.79 Å². The Hall–Kier alpha value is -1.04. The molecule has 5 heteroatoms. The number of benzene rings is 1. The summed E-state index contributed by atoms with van der Waals surface area (Å²) < 4.78 is 5.56. The number of ether oxygens (including phenoxy) is 1. The normalized spacial score (nSPS) is 25.5. The van der Waals surface area contributed by atoms with Crippen LogP contribution in [0.5, 0.6) is 0 Å². The van der Waals surface area contributed by atoms with Gasteiger partial charge in [-0.25, -0.2) is 0 Å². The summed E-state index contributed by atoms with van der Waals surface area (Å²) >= 11 is 1.99. The Balaban J connectivity index is 1.49. The average Bonchev–Trinajstić information content (AvgIpc) is 2.55. The Kier molecular flexibility index (Phi) is 5.39. The number of hydrogen-bond acceptors (Lipinski definition) is 4. The molecule has 2 heterocycles. The summed E-state index contributed by atoms with van der Waals surface area (Å²) in [4.78, 5) is 14.6. The number of hydrogen-bond donors (Lipinski definition) is 1. The van der Waals surface area contributed by atoms with E-state index in [4.69, 9.17) is 4.74 Å². The smallest absolute Gasteiger partial charge is 0.234 e. The van der Waals surface area contributed by atoms with Crippen LogP contribution in [-0.4, -0.2) is 54.2 Å². The fraction of sp³-hybridized carbons (Fsp3) is 0.588. The van der Waals surface area contributed by atoms with Crippen molar-refractivity contribution in [3.05, 3.63) is 35.4 Å². The molecule has 0 aromatic heterocycles. The molecule has 0 aliphatic carbocycles. The van der Waals surface area contributed by atoms with Crippen molar-refractivity contribution in [1.29, 1.82) is 0 Å². The molecule has 1 aromatic carbocycles. The van der Waals surface area contributed by atoms with Gasteiger partial charge in [0.15, 0.2) is 0 Å². The van der Waals surface area contributed by atoms with Crippen molar-refractivity contribution in [2.75, 3.05) is 32.1 Å². The van der Waals surface area contributed by atoms with Crippen LogP contribution in [0.4, 0.5) is 0 Å². The molecule has 120 valence electrons. The van der Waals surface area contributed by atoms with Gasteiger partial charge in [0.2, 0.25) is 5.91 Å². The SMILES string of the molecule is Cc1ccc(CNC(=O)CN2CCS[C@H]3COCC[C@H]32)cc1. The molecule has 0 unspecified atom stereocenters. The largest absolute Gasteiger partial charge is 0.380 e. The first-order valence-electron chi connectivity index (χ1n) is 7.98. The molecule has 2 saturated heterocycles. The Morgan fingerprint density at radius 2 is 2.23 bits per heavy atom. The molecule has 4 nitrogen and oxygen atoms in total. The topological polar surface area (TPSA) is 41.6 Å². The lowest BCUT2D eigenvalue weighted by Crippen LogP contribution is -2.54. The third-order valence-corrected chi connectivity index (χ3v) is 5.70. The molecule has 22 heavy (non-hydrogen) atoms. The zero-order valence-electron chi connectivity index (χ0n) is 13.1. The third-order valence-electron chi connectivity index (χ3n) is 4.41. The van der Waals surface area contributed by atoms with Gasteiger partial charge in [-0.15, -0.1) is 0 Å². The van der Waals surface area contributed by atoms with Gasteiger partial charge in [-0.05, 0) is 18.9 Å². The number of rotatable bonds is 4. The first-order valence-corrected chi connectivity index (χ1v) is 9.03. The zero-order chi connectivity index (χ0) is 15.4. The van der Waals surface area contributed by atoms with Crippen LogP contribution in [-0.2, 0) is 16.1 Å². The van der Waals surface area contributed by atoms with Crippen molar-refractivity contribution >= 4 is 17.7 Å². The Bertz CT molecular complexity index is 504. The summed E-state index contributed by atoms with van der Waals surface area (Å²) in [6.07, 6.45) is 1.04. The van der Waals surface area contributed by atoms with Crippen molar-refractivity contribution in [3.63, 3.8) is 0 Å². The average molecular weight is 320 g/mol. The number of carbonyl (C=O) groups excluding carboxylic acids is 1. The predicted octanol–water partition coefficient (Wildman–Crippen LogP) is 1.82. The molecule has 2 atom stereocenters. The van der Waals surface area contributed by atoms with Crippen molar-refractivity contribution < 1.29 is 9.53 Å². The highest BCUT2D eigenvalue weighted by Crippen LogP contribution is 2.29. The van der Waals surface area contributed by atoms with Crippen LogP contribution in [0.3, 0.4) is 0 Å². The van der Waals surface area contributed by atoms with Gasteiger partial charge in [0, 0.05) is 36.7 Å². The fourth-order valence-electron chi connectivity index (χ4n) is 3.11. The third kappa shape index (κ3) is 4.03. The van der Waals surface area contributed by atoms with Crippen LogP contribution in [0, 0.1) is 6.92 Å². The van der Waals surface area contributed by atoms with Crippen LogP contribution in [0.2, 0.25) is 0 Å². The molecular weight excluding hydrogens is 296 g/mol. The quantitative estimate of drug-likeness (QED) is 0.919. The van der Waals surface area contributed by atoms with Gasteiger partial charge < -0.3 is 10.1 Å². The minimum atomic E-state index is 0.123. The molecule has 2 fully saturated rings. The van der Waals surface area contributed by atoms with Crippen LogP contribution in [0.1, 0.15) is 17.5 Å². The molecular formula is C17H24N2O2S. The molecule has 1 N–H and O–H groups in total. The summed E-state index contributed by atoms with van der Waals surface area (Å²) in [5.41, 5.74) is 2.39. The summed E-state index contributed by atoms with van der Waals surface area (Å²) in [5.74, 6) is 1.22. The summed E-state index contributed by atoms with van der Waals surface area (Å²) in [6, 6.07) is 8.80. The number of thioether (sulfide) groups is 1. The van der Waals surface area contributed by atoms with Gasteiger partial charge in [0.25, 0.3) is 0 Å². The summed E-state index contributed by atoms with van der Waals surface area (Å²) in [7, 11) is 0. The second-order valence-corrected chi connectivity index (χ2v) is 7.42. The minimum absolute atomic E-state index is 0.123. The first-order chi connectivity index (χ1) is 10.7. The summed E-state index contributed by atoms with van der Waals surface area (Å²) in [5, 5.41) is 3.58. The molecule has 0 saturated carbocycles. The lowest BCUT2D eigenvalue weighted by atomic mass is 10.1. The standard InChI is InChI=1S/C17H24N2O2S/c1-13-2-4-14(5-3-13)10-18-17(20)11-19-7-9-22-16-12-21-8-6-15(16)19/h2-5,15-16H,6-12H2,1H3,(H,18,20)/t15-,16+/m1/s1. The first kappa shape index (κ1) is 15.8. The van der Waals surface area contributed by atoms with E-state index in [0.717, 1.165) is 37.5 Å².